The molecule has 0 bridgehead atoms. The molecule has 4 aromatic rings. The number of anilines is 1. The fraction of sp³-hybridized carbons (Fsp3) is 0.125. The molecule has 0 N–H and O–H groups in total. The maximum absolute atomic E-state index is 13.9. The molecule has 2 aromatic carbocycles. The molecule has 2 aromatic heterocycles. The first-order valence-corrected chi connectivity index (χ1v) is 9.64. The molecule has 1 amide bonds. The van der Waals surface area contributed by atoms with Gasteiger partial charge in [0.05, 0.1) is 24.1 Å². The number of aromatic nitrogens is 1. The quantitative estimate of drug-likeness (QED) is 0.495. The van der Waals surface area contributed by atoms with Crippen molar-refractivity contribution in [3.8, 4) is 5.75 Å². The predicted octanol–water partition coefficient (Wildman–Crippen LogP) is 4.39. The largest absolute Gasteiger partial charge is 0.497 e. The van der Waals surface area contributed by atoms with Gasteiger partial charge in [0.2, 0.25) is 5.76 Å². The standard InChI is InChI=1S/C24H17FN2O4/c1-13-9-10-26-19(11-13)27-21(14-3-6-16(30-2)7-4-14)20-22(28)17-12-15(25)5-8-18(17)31-23(20)24(27)29/h3-12,21H,1-2H3. The van der Waals surface area contributed by atoms with Crippen LogP contribution in [-0.4, -0.2) is 18.0 Å². The summed E-state index contributed by atoms with van der Waals surface area (Å²) in [5.74, 6) is -0.0549. The first-order valence-electron chi connectivity index (χ1n) is 9.64. The Hall–Kier alpha value is -4.00. The summed E-state index contributed by atoms with van der Waals surface area (Å²) >= 11 is 0. The lowest BCUT2D eigenvalue weighted by Gasteiger charge is -2.24. The summed E-state index contributed by atoms with van der Waals surface area (Å²) in [6.07, 6.45) is 1.60. The van der Waals surface area contributed by atoms with Crippen LogP contribution in [-0.2, 0) is 0 Å². The van der Waals surface area contributed by atoms with Crippen LogP contribution in [0.2, 0.25) is 0 Å². The van der Waals surface area contributed by atoms with E-state index in [0.717, 1.165) is 11.6 Å². The highest BCUT2D eigenvalue weighted by atomic mass is 19.1. The summed E-state index contributed by atoms with van der Waals surface area (Å²) in [6, 6.07) is 13.6. The zero-order valence-electron chi connectivity index (χ0n) is 16.8. The Morgan fingerprint density at radius 1 is 1.06 bits per heavy atom. The molecule has 3 heterocycles. The van der Waals surface area contributed by atoms with Crippen LogP contribution in [0.15, 0.2) is 70.0 Å². The van der Waals surface area contributed by atoms with E-state index in [0.29, 0.717) is 17.1 Å². The monoisotopic (exact) mass is 416 g/mol. The van der Waals surface area contributed by atoms with Crippen molar-refractivity contribution in [1.29, 1.82) is 0 Å². The third-order valence-electron chi connectivity index (χ3n) is 5.41. The number of amides is 1. The molecule has 1 aliphatic rings. The van der Waals surface area contributed by atoms with Gasteiger partial charge in [0.1, 0.15) is 23.0 Å². The average Bonchev–Trinajstić information content (AvgIpc) is 3.07. The third kappa shape index (κ3) is 2.97. The number of rotatable bonds is 3. The molecule has 1 unspecified atom stereocenters. The zero-order valence-corrected chi connectivity index (χ0v) is 16.8. The van der Waals surface area contributed by atoms with Crippen LogP contribution in [0.3, 0.4) is 0 Å². The summed E-state index contributed by atoms with van der Waals surface area (Å²) < 4.78 is 24.9. The van der Waals surface area contributed by atoms with Gasteiger partial charge in [0.15, 0.2) is 5.43 Å². The summed E-state index contributed by atoms with van der Waals surface area (Å²) in [7, 11) is 1.56. The highest BCUT2D eigenvalue weighted by Crippen LogP contribution is 2.41. The molecular weight excluding hydrogens is 399 g/mol. The Kier molecular flexibility index (Phi) is 4.32. The topological polar surface area (TPSA) is 72.6 Å². The first-order chi connectivity index (χ1) is 15.0. The second-order valence-electron chi connectivity index (χ2n) is 7.36. The third-order valence-corrected chi connectivity index (χ3v) is 5.41. The van der Waals surface area contributed by atoms with Crippen LogP contribution < -0.4 is 15.1 Å². The maximum Gasteiger partial charge on any atom is 0.296 e. The van der Waals surface area contributed by atoms with Crippen molar-refractivity contribution < 1.29 is 18.3 Å². The first kappa shape index (κ1) is 19.0. The number of carbonyl (C=O) groups is 1. The molecule has 0 fully saturated rings. The number of pyridine rings is 1. The summed E-state index contributed by atoms with van der Waals surface area (Å²) in [5.41, 5.74) is 1.47. The normalized spacial score (nSPS) is 15.4. The fourth-order valence-electron chi connectivity index (χ4n) is 3.93. The molecular formula is C24H17FN2O4. The van der Waals surface area contributed by atoms with E-state index < -0.39 is 23.2 Å². The van der Waals surface area contributed by atoms with E-state index in [2.05, 4.69) is 4.98 Å². The Bertz CT molecular complexity index is 1400. The minimum atomic E-state index is -0.772. The van der Waals surface area contributed by atoms with Gasteiger partial charge < -0.3 is 9.15 Å². The molecule has 0 saturated carbocycles. The van der Waals surface area contributed by atoms with Gasteiger partial charge >= 0.3 is 0 Å². The molecule has 1 atom stereocenters. The smallest absolute Gasteiger partial charge is 0.296 e. The van der Waals surface area contributed by atoms with Gasteiger partial charge in [-0.3, -0.25) is 14.5 Å². The fourth-order valence-corrected chi connectivity index (χ4v) is 3.93. The van der Waals surface area contributed by atoms with Crippen molar-refractivity contribution in [2.75, 3.05) is 12.0 Å². The Morgan fingerprint density at radius 3 is 2.55 bits per heavy atom. The summed E-state index contributed by atoms with van der Waals surface area (Å²) in [4.78, 5) is 32.6. The number of nitrogens with zero attached hydrogens (tertiary/aromatic N) is 2. The molecule has 7 heteroatoms. The SMILES string of the molecule is COc1ccc(C2c3c(oc4ccc(F)cc4c3=O)C(=O)N2c2cc(C)ccn2)cc1. The van der Waals surface area contributed by atoms with E-state index in [1.807, 2.05) is 13.0 Å². The van der Waals surface area contributed by atoms with Crippen molar-refractivity contribution in [1.82, 2.24) is 4.98 Å². The van der Waals surface area contributed by atoms with Crippen molar-refractivity contribution >= 4 is 22.7 Å². The van der Waals surface area contributed by atoms with Gasteiger partial charge in [0, 0.05) is 6.20 Å². The number of hydrogen-bond donors (Lipinski definition) is 0. The van der Waals surface area contributed by atoms with Crippen LogP contribution in [0.25, 0.3) is 11.0 Å². The number of fused-ring (bicyclic) bond motifs is 2. The van der Waals surface area contributed by atoms with Crippen LogP contribution in [0, 0.1) is 12.7 Å². The minimum absolute atomic E-state index is 0.0618. The van der Waals surface area contributed by atoms with Gasteiger partial charge in [-0.1, -0.05) is 12.1 Å². The highest BCUT2D eigenvalue weighted by Gasteiger charge is 2.44. The van der Waals surface area contributed by atoms with Crippen molar-refractivity contribution in [3.05, 3.63) is 99.3 Å². The van der Waals surface area contributed by atoms with Gasteiger partial charge in [-0.2, -0.15) is 0 Å². The van der Waals surface area contributed by atoms with Gasteiger partial charge in [-0.05, 0) is 60.5 Å². The average molecular weight is 416 g/mol. The molecule has 0 spiro atoms. The lowest BCUT2D eigenvalue weighted by Crippen LogP contribution is -2.30. The van der Waals surface area contributed by atoms with Gasteiger partial charge in [-0.15, -0.1) is 0 Å². The number of hydrogen-bond acceptors (Lipinski definition) is 5. The summed E-state index contributed by atoms with van der Waals surface area (Å²) in [5, 5.41) is 0.0871. The van der Waals surface area contributed by atoms with Crippen LogP contribution in [0.1, 0.15) is 33.3 Å². The Morgan fingerprint density at radius 2 is 1.84 bits per heavy atom. The van der Waals surface area contributed by atoms with E-state index in [1.165, 1.54) is 17.0 Å². The van der Waals surface area contributed by atoms with E-state index in [4.69, 9.17) is 9.15 Å². The molecule has 154 valence electrons. The maximum atomic E-state index is 13.9. The van der Waals surface area contributed by atoms with E-state index in [-0.39, 0.29) is 22.3 Å². The lowest BCUT2D eigenvalue weighted by molar-refractivity contribution is 0.0970. The van der Waals surface area contributed by atoms with Crippen molar-refractivity contribution in [2.45, 2.75) is 13.0 Å². The number of methoxy groups -OCH3 is 1. The van der Waals surface area contributed by atoms with Crippen molar-refractivity contribution in [3.63, 3.8) is 0 Å². The molecule has 0 aliphatic carbocycles. The predicted molar refractivity (Wildman–Crippen MR) is 113 cm³/mol. The van der Waals surface area contributed by atoms with Gasteiger partial charge in [0.25, 0.3) is 5.91 Å². The molecule has 6 nitrogen and oxygen atoms in total. The lowest BCUT2D eigenvalue weighted by atomic mass is 9.98. The van der Waals surface area contributed by atoms with Crippen LogP contribution in [0.4, 0.5) is 10.2 Å². The number of halogens is 1. The van der Waals surface area contributed by atoms with Crippen LogP contribution in [0.5, 0.6) is 5.75 Å². The molecule has 31 heavy (non-hydrogen) atoms. The van der Waals surface area contributed by atoms with Gasteiger partial charge in [-0.25, -0.2) is 9.37 Å². The molecule has 0 saturated heterocycles. The molecule has 0 radical (unpaired) electrons. The van der Waals surface area contributed by atoms with Crippen LogP contribution >= 0.6 is 0 Å². The Labute approximate surface area is 176 Å². The highest BCUT2D eigenvalue weighted by molar-refractivity contribution is 6.10. The second-order valence-corrected chi connectivity index (χ2v) is 7.36. The van der Waals surface area contributed by atoms with E-state index >= 15 is 0 Å². The molecule has 5 rings (SSSR count). The number of ether oxygens (including phenoxy) is 1. The van der Waals surface area contributed by atoms with Crippen molar-refractivity contribution in [2.24, 2.45) is 0 Å². The minimum Gasteiger partial charge on any atom is -0.497 e. The summed E-state index contributed by atoms with van der Waals surface area (Å²) in [6.45, 7) is 1.89. The van der Waals surface area contributed by atoms with E-state index in [9.17, 15) is 14.0 Å². The Balaban J connectivity index is 1.80. The second kappa shape index (κ2) is 7.05. The zero-order chi connectivity index (χ0) is 21.7. The number of benzene rings is 2. The molecule has 1 aliphatic heterocycles. The van der Waals surface area contributed by atoms with E-state index in [1.54, 1.807) is 43.6 Å². The number of carbonyl (C=O) groups excluding carboxylic acids is 1. The number of aryl methyl sites for hydroxylation is 1.